The fraction of sp³-hybridized carbons (Fsp3) is 0.833. The molecule has 164 valence electrons. The van der Waals surface area contributed by atoms with Crippen molar-refractivity contribution in [3.63, 3.8) is 0 Å². The molecule has 0 aromatic heterocycles. The molecule has 0 rings (SSSR count). The molecule has 0 fully saturated rings. The summed E-state index contributed by atoms with van der Waals surface area (Å²) >= 11 is 0. The first-order valence-electron chi connectivity index (χ1n) is 11.6. The zero-order valence-corrected chi connectivity index (χ0v) is 24.1. The minimum Gasteiger partial charge on any atom is -0.550 e. The van der Waals surface area contributed by atoms with Crippen molar-refractivity contribution in [1.82, 2.24) is 0 Å². The third kappa shape index (κ3) is 26.7. The first-order valence-corrected chi connectivity index (χ1v) is 11.6. The monoisotopic (exact) mass is 440 g/mol. The number of carbonyl (C=O) groups excluding carboxylic acids is 2. The number of allylic oxidation sites excluding steroid dienone is 2. The molecule has 0 N–H and O–H groups in total. The van der Waals surface area contributed by atoms with Crippen LogP contribution in [0.2, 0.25) is 0 Å². The fourth-order valence-corrected chi connectivity index (χ4v) is 3.56. The van der Waals surface area contributed by atoms with Crippen LogP contribution in [0.5, 0.6) is 0 Å². The van der Waals surface area contributed by atoms with Crippen molar-refractivity contribution >= 4 is 11.9 Å². The van der Waals surface area contributed by atoms with E-state index in [2.05, 4.69) is 19.1 Å². The van der Waals surface area contributed by atoms with Crippen molar-refractivity contribution < 1.29 is 78.9 Å². The molecule has 0 aromatic carbocycles. The van der Waals surface area contributed by atoms with Gasteiger partial charge in [0.2, 0.25) is 0 Å². The van der Waals surface area contributed by atoms with Gasteiger partial charge in [0.1, 0.15) is 0 Å². The van der Waals surface area contributed by atoms with E-state index >= 15 is 0 Å². The molecule has 0 bridgehead atoms. The second-order valence-electron chi connectivity index (χ2n) is 8.00. The van der Waals surface area contributed by atoms with E-state index in [-0.39, 0.29) is 59.1 Å². The van der Waals surface area contributed by atoms with Gasteiger partial charge in [-0.25, -0.2) is 0 Å². The van der Waals surface area contributed by atoms with Crippen LogP contribution in [0.15, 0.2) is 12.2 Å². The van der Waals surface area contributed by atoms with Crippen molar-refractivity contribution in [3.05, 3.63) is 12.2 Å². The summed E-state index contributed by atoms with van der Waals surface area (Å²) in [5.41, 5.74) is 0. The van der Waals surface area contributed by atoms with Gasteiger partial charge < -0.3 is 19.8 Å². The van der Waals surface area contributed by atoms with E-state index in [4.69, 9.17) is 0 Å². The molecular weight excluding hydrogens is 398 g/mol. The second kappa shape index (κ2) is 27.7. The van der Waals surface area contributed by atoms with Gasteiger partial charge >= 0.3 is 59.1 Å². The Kier molecular flexibility index (Phi) is 32.6. The standard InChI is InChI=1S/C24H44O4.2Na/c1-2-3-4-5-6-7-8-9-10-11-12-13-14-15-16-17-18-19-20-22(24(27)28)21-23(25)26;;/h3-4,22H,2,5-21H2,1H3,(H,25,26)(H,27,28);;/q;2*+1/p-2/b4-3+;;. The molecule has 0 saturated carbocycles. The number of hydrogen-bond acceptors (Lipinski definition) is 4. The third-order valence-corrected chi connectivity index (χ3v) is 5.32. The number of unbranched alkanes of at least 4 members (excludes halogenated alkanes) is 14. The number of rotatable bonds is 21. The van der Waals surface area contributed by atoms with Crippen LogP contribution in [0, 0.1) is 5.92 Å². The van der Waals surface area contributed by atoms with Crippen molar-refractivity contribution in [2.45, 2.75) is 122 Å². The normalized spacial score (nSPS) is 11.6. The van der Waals surface area contributed by atoms with Gasteiger partial charge in [-0.2, -0.15) is 0 Å². The Bertz CT molecular complexity index is 414. The first-order chi connectivity index (χ1) is 13.6. The van der Waals surface area contributed by atoms with Crippen LogP contribution < -0.4 is 69.3 Å². The van der Waals surface area contributed by atoms with Crippen LogP contribution in [-0.2, 0) is 9.59 Å². The first kappa shape index (κ1) is 35.3. The molecule has 0 radical (unpaired) electrons. The van der Waals surface area contributed by atoms with Gasteiger partial charge in [0, 0.05) is 17.9 Å². The summed E-state index contributed by atoms with van der Waals surface area (Å²) in [6, 6.07) is 0. The average molecular weight is 441 g/mol. The van der Waals surface area contributed by atoms with E-state index in [0.717, 1.165) is 25.7 Å². The molecule has 4 nitrogen and oxygen atoms in total. The predicted molar refractivity (Wildman–Crippen MR) is 111 cm³/mol. The molecule has 0 aliphatic carbocycles. The van der Waals surface area contributed by atoms with Crippen LogP contribution in [0.3, 0.4) is 0 Å². The van der Waals surface area contributed by atoms with E-state index in [1.165, 1.54) is 77.0 Å². The summed E-state index contributed by atoms with van der Waals surface area (Å²) in [4.78, 5) is 21.3. The Morgan fingerprint density at radius 1 is 0.667 bits per heavy atom. The van der Waals surface area contributed by atoms with Crippen LogP contribution in [0.4, 0.5) is 0 Å². The number of aliphatic carboxylic acids is 2. The molecule has 0 amide bonds. The quantitative estimate of drug-likeness (QED) is 0.126. The molecule has 1 unspecified atom stereocenters. The maximum absolute atomic E-state index is 10.8. The number of hydrogen-bond donors (Lipinski definition) is 0. The number of carboxylic acid groups (broad SMARTS) is 2. The Balaban J connectivity index is -0.00000364. The van der Waals surface area contributed by atoms with Gasteiger partial charge in [0.05, 0.1) is 0 Å². The minimum absolute atomic E-state index is 0. The van der Waals surface area contributed by atoms with Gasteiger partial charge in [0.15, 0.2) is 0 Å². The molecule has 0 heterocycles. The summed E-state index contributed by atoms with van der Waals surface area (Å²) in [5.74, 6) is -3.48. The molecule has 0 aliphatic rings. The summed E-state index contributed by atoms with van der Waals surface area (Å²) in [5, 5.41) is 21.3. The van der Waals surface area contributed by atoms with Gasteiger partial charge in [-0.1, -0.05) is 103 Å². The van der Waals surface area contributed by atoms with Crippen molar-refractivity contribution in [2.24, 2.45) is 5.92 Å². The maximum Gasteiger partial charge on any atom is 1.00 e. The Morgan fingerprint density at radius 2 is 1.07 bits per heavy atom. The molecule has 0 aliphatic heterocycles. The zero-order chi connectivity index (χ0) is 20.9. The summed E-state index contributed by atoms with van der Waals surface area (Å²) in [6.07, 6.45) is 24.3. The van der Waals surface area contributed by atoms with Crippen LogP contribution in [0.25, 0.3) is 0 Å². The summed E-state index contributed by atoms with van der Waals surface area (Å²) < 4.78 is 0. The van der Waals surface area contributed by atoms with E-state index < -0.39 is 24.3 Å². The van der Waals surface area contributed by atoms with Gasteiger partial charge in [-0.3, -0.25) is 0 Å². The Morgan fingerprint density at radius 3 is 1.43 bits per heavy atom. The van der Waals surface area contributed by atoms with Crippen molar-refractivity contribution in [2.75, 3.05) is 0 Å². The summed E-state index contributed by atoms with van der Waals surface area (Å²) in [7, 11) is 0. The smallest absolute Gasteiger partial charge is 0.550 e. The Hall–Kier alpha value is 0.680. The minimum atomic E-state index is -1.31. The largest absolute Gasteiger partial charge is 1.00 e. The average Bonchev–Trinajstić information content (AvgIpc) is 2.65. The van der Waals surface area contributed by atoms with Crippen LogP contribution in [-0.4, -0.2) is 11.9 Å². The van der Waals surface area contributed by atoms with Crippen molar-refractivity contribution in [3.8, 4) is 0 Å². The van der Waals surface area contributed by atoms with Gasteiger partial charge in [-0.15, -0.1) is 0 Å². The second-order valence-corrected chi connectivity index (χ2v) is 8.00. The van der Waals surface area contributed by atoms with E-state index in [1.54, 1.807) is 0 Å². The number of carbonyl (C=O) groups is 2. The Labute approximate surface area is 229 Å². The van der Waals surface area contributed by atoms with Crippen LogP contribution >= 0.6 is 0 Å². The predicted octanol–water partition coefficient (Wildman–Crippen LogP) is -1.29. The topological polar surface area (TPSA) is 80.3 Å². The van der Waals surface area contributed by atoms with Gasteiger partial charge in [-0.05, 0) is 32.1 Å². The van der Waals surface area contributed by atoms with Gasteiger partial charge in [0.25, 0.3) is 0 Å². The molecule has 0 spiro atoms. The molecule has 0 aromatic rings. The maximum atomic E-state index is 10.8. The zero-order valence-electron chi connectivity index (χ0n) is 20.1. The van der Waals surface area contributed by atoms with Crippen molar-refractivity contribution in [1.29, 1.82) is 0 Å². The van der Waals surface area contributed by atoms with E-state index in [9.17, 15) is 19.8 Å². The molecule has 1 atom stereocenters. The molecular formula is C24H42Na2O4. The van der Waals surface area contributed by atoms with Crippen LogP contribution in [0.1, 0.15) is 122 Å². The molecule has 0 saturated heterocycles. The number of carboxylic acids is 2. The van der Waals surface area contributed by atoms with E-state index in [1.807, 2.05) is 0 Å². The summed E-state index contributed by atoms with van der Waals surface area (Å²) in [6.45, 7) is 2.18. The molecule has 30 heavy (non-hydrogen) atoms. The fourth-order valence-electron chi connectivity index (χ4n) is 3.56. The molecule has 6 heteroatoms. The third-order valence-electron chi connectivity index (χ3n) is 5.32. The SMILES string of the molecule is CC/C=C/CCCCCCCCCCCCCCCCC(CC(=O)[O-])C(=O)[O-].[Na+].[Na+]. The van der Waals surface area contributed by atoms with E-state index in [0.29, 0.717) is 6.42 Å².